The highest BCUT2D eigenvalue weighted by Crippen LogP contribution is 2.37. The molecule has 0 aromatic carbocycles. The molecule has 4 nitrogen and oxygen atoms in total. The molecule has 1 aromatic heterocycles. The topological polar surface area (TPSA) is 45.2 Å². The molecule has 1 amide bonds. The highest BCUT2D eigenvalue weighted by Gasteiger charge is 2.39. The van der Waals surface area contributed by atoms with E-state index in [1.54, 1.807) is 12.4 Å². The molecule has 3 atom stereocenters. The van der Waals surface area contributed by atoms with Crippen molar-refractivity contribution in [2.24, 2.45) is 5.92 Å². The van der Waals surface area contributed by atoms with Crippen LogP contribution in [0.2, 0.25) is 0 Å². The van der Waals surface area contributed by atoms with Gasteiger partial charge in [-0.2, -0.15) is 0 Å². The van der Waals surface area contributed by atoms with Gasteiger partial charge >= 0.3 is 0 Å². The van der Waals surface area contributed by atoms with E-state index >= 15 is 0 Å². The molecule has 0 bridgehead atoms. The first kappa shape index (κ1) is 13.6. The number of carbonyl (C=O) groups excluding carboxylic acids is 1. The van der Waals surface area contributed by atoms with E-state index in [1.807, 2.05) is 19.2 Å². The molecule has 1 N–H and O–H groups in total. The van der Waals surface area contributed by atoms with Crippen LogP contribution in [0.5, 0.6) is 0 Å². The van der Waals surface area contributed by atoms with Crippen molar-refractivity contribution in [3.8, 4) is 0 Å². The average Bonchev–Trinajstić information content (AvgIpc) is 2.90. The monoisotopic (exact) mass is 273 g/mol. The van der Waals surface area contributed by atoms with Crippen molar-refractivity contribution >= 4 is 5.91 Å². The summed E-state index contributed by atoms with van der Waals surface area (Å²) in [6.45, 7) is 0.723. The van der Waals surface area contributed by atoms with Crippen LogP contribution in [0.25, 0.3) is 0 Å². The summed E-state index contributed by atoms with van der Waals surface area (Å²) in [4.78, 5) is 19.0. The second-order valence-corrected chi connectivity index (χ2v) is 6.00. The molecule has 108 valence electrons. The van der Waals surface area contributed by atoms with Crippen LogP contribution < -0.4 is 5.32 Å². The molecule has 4 heteroatoms. The van der Waals surface area contributed by atoms with Crippen molar-refractivity contribution in [1.82, 2.24) is 15.2 Å². The Kier molecular flexibility index (Phi) is 4.01. The third-order valence-corrected chi connectivity index (χ3v) is 4.88. The van der Waals surface area contributed by atoms with E-state index in [0.29, 0.717) is 12.0 Å². The normalized spacial score (nSPS) is 30.1. The summed E-state index contributed by atoms with van der Waals surface area (Å²) in [6.07, 6.45) is 9.47. The zero-order chi connectivity index (χ0) is 13.9. The highest BCUT2D eigenvalue weighted by molar-refractivity contribution is 5.82. The summed E-state index contributed by atoms with van der Waals surface area (Å²) >= 11 is 0. The smallest absolute Gasteiger partial charge is 0.240 e. The number of carbonyl (C=O) groups is 1. The van der Waals surface area contributed by atoms with Crippen molar-refractivity contribution in [3.05, 3.63) is 30.1 Å². The molecule has 3 rings (SSSR count). The standard InChI is InChI=1S/C16H23N3O/c1-17-14-6-5-13-3-2-4-15(13)19(16(14)20)11-12-7-9-18-10-8-12/h7-10,13-15,17H,2-6,11H2,1H3. The molecule has 2 heterocycles. The number of hydrogen-bond donors (Lipinski definition) is 1. The second kappa shape index (κ2) is 5.92. The van der Waals surface area contributed by atoms with Gasteiger partial charge in [0, 0.05) is 25.0 Å². The lowest BCUT2D eigenvalue weighted by Gasteiger charge is -2.32. The first-order chi connectivity index (χ1) is 9.79. The van der Waals surface area contributed by atoms with Crippen molar-refractivity contribution < 1.29 is 4.79 Å². The van der Waals surface area contributed by atoms with E-state index in [-0.39, 0.29) is 11.9 Å². The van der Waals surface area contributed by atoms with Crippen molar-refractivity contribution in [1.29, 1.82) is 0 Å². The molecule has 0 spiro atoms. The summed E-state index contributed by atoms with van der Waals surface area (Å²) in [5.74, 6) is 0.970. The van der Waals surface area contributed by atoms with E-state index in [1.165, 1.54) is 24.8 Å². The maximum absolute atomic E-state index is 12.8. The summed E-state index contributed by atoms with van der Waals surface area (Å²) in [5.41, 5.74) is 1.18. The third kappa shape index (κ3) is 2.57. The summed E-state index contributed by atoms with van der Waals surface area (Å²) < 4.78 is 0. The number of nitrogens with one attached hydrogen (secondary N) is 1. The van der Waals surface area contributed by atoms with Gasteiger partial charge in [-0.25, -0.2) is 0 Å². The predicted molar refractivity (Wildman–Crippen MR) is 78.0 cm³/mol. The van der Waals surface area contributed by atoms with Gasteiger partial charge in [-0.15, -0.1) is 0 Å². The molecular weight excluding hydrogens is 250 g/mol. The van der Waals surface area contributed by atoms with Gasteiger partial charge in [0.25, 0.3) is 0 Å². The Balaban J connectivity index is 1.84. The number of likely N-dealkylation sites (tertiary alicyclic amines) is 1. The van der Waals surface area contributed by atoms with E-state index in [0.717, 1.165) is 19.4 Å². The van der Waals surface area contributed by atoms with Gasteiger partial charge in [0.05, 0.1) is 6.04 Å². The molecule has 1 aliphatic heterocycles. The van der Waals surface area contributed by atoms with Crippen molar-refractivity contribution in [3.63, 3.8) is 0 Å². The lowest BCUT2D eigenvalue weighted by Crippen LogP contribution is -2.47. The second-order valence-electron chi connectivity index (χ2n) is 6.00. The summed E-state index contributed by atoms with van der Waals surface area (Å²) in [5, 5.41) is 3.20. The largest absolute Gasteiger partial charge is 0.334 e. The molecule has 2 fully saturated rings. The van der Waals surface area contributed by atoms with E-state index in [2.05, 4.69) is 15.2 Å². The van der Waals surface area contributed by atoms with E-state index in [9.17, 15) is 4.79 Å². The Morgan fingerprint density at radius 1 is 1.25 bits per heavy atom. The SMILES string of the molecule is CNC1CCC2CCCC2N(Cc2ccncc2)C1=O. The molecule has 1 saturated heterocycles. The van der Waals surface area contributed by atoms with Crippen LogP contribution in [0.4, 0.5) is 0 Å². The lowest BCUT2D eigenvalue weighted by molar-refractivity contribution is -0.136. The molecule has 1 aromatic rings. The van der Waals surface area contributed by atoms with Crippen molar-refractivity contribution in [2.75, 3.05) is 7.05 Å². The molecular formula is C16H23N3O. The van der Waals surface area contributed by atoms with E-state index < -0.39 is 0 Å². The van der Waals surface area contributed by atoms with E-state index in [4.69, 9.17) is 0 Å². The quantitative estimate of drug-likeness (QED) is 0.915. The number of amides is 1. The number of rotatable bonds is 3. The molecule has 1 saturated carbocycles. The minimum absolute atomic E-state index is 0.0116. The van der Waals surface area contributed by atoms with Gasteiger partial charge in [0.1, 0.15) is 0 Å². The van der Waals surface area contributed by atoms with Gasteiger partial charge in [0.15, 0.2) is 0 Å². The summed E-state index contributed by atoms with van der Waals surface area (Å²) in [6, 6.07) is 4.45. The van der Waals surface area contributed by atoms with Gasteiger partial charge in [-0.1, -0.05) is 6.42 Å². The minimum atomic E-state index is -0.0116. The zero-order valence-electron chi connectivity index (χ0n) is 12.1. The van der Waals surface area contributed by atoms with Crippen LogP contribution in [0.15, 0.2) is 24.5 Å². The highest BCUT2D eigenvalue weighted by atomic mass is 16.2. The Morgan fingerprint density at radius 2 is 2.05 bits per heavy atom. The Morgan fingerprint density at radius 3 is 2.80 bits per heavy atom. The minimum Gasteiger partial charge on any atom is -0.334 e. The number of aromatic nitrogens is 1. The fraction of sp³-hybridized carbons (Fsp3) is 0.625. The fourth-order valence-electron chi connectivity index (χ4n) is 3.78. The molecule has 0 radical (unpaired) electrons. The summed E-state index contributed by atoms with van der Waals surface area (Å²) in [7, 11) is 1.90. The van der Waals surface area contributed by atoms with Crippen molar-refractivity contribution in [2.45, 2.75) is 50.7 Å². The maximum atomic E-state index is 12.8. The fourth-order valence-corrected chi connectivity index (χ4v) is 3.78. The Labute approximate surface area is 120 Å². The first-order valence-corrected chi connectivity index (χ1v) is 7.66. The molecule has 3 unspecified atom stereocenters. The number of pyridine rings is 1. The number of hydrogen-bond acceptors (Lipinski definition) is 3. The number of likely N-dealkylation sites (N-methyl/N-ethyl adjacent to an activating group) is 1. The molecule has 2 aliphatic rings. The van der Waals surface area contributed by atoms with Crippen LogP contribution in [0, 0.1) is 5.92 Å². The third-order valence-electron chi connectivity index (χ3n) is 4.88. The Bertz CT molecular complexity index is 462. The lowest BCUT2D eigenvalue weighted by atomic mass is 9.97. The average molecular weight is 273 g/mol. The van der Waals surface area contributed by atoms with Gasteiger partial charge in [0.2, 0.25) is 5.91 Å². The molecule has 1 aliphatic carbocycles. The Hall–Kier alpha value is -1.42. The molecule has 20 heavy (non-hydrogen) atoms. The first-order valence-electron chi connectivity index (χ1n) is 7.66. The maximum Gasteiger partial charge on any atom is 0.240 e. The van der Waals surface area contributed by atoms with Crippen LogP contribution >= 0.6 is 0 Å². The van der Waals surface area contributed by atoms with Crippen LogP contribution in [0.3, 0.4) is 0 Å². The number of fused-ring (bicyclic) bond motifs is 1. The predicted octanol–water partition coefficient (Wildman–Crippen LogP) is 1.96. The zero-order valence-corrected chi connectivity index (χ0v) is 12.1. The van der Waals surface area contributed by atoms with Gasteiger partial charge < -0.3 is 10.2 Å². The van der Waals surface area contributed by atoms with Crippen LogP contribution in [-0.2, 0) is 11.3 Å². The van der Waals surface area contributed by atoms with Crippen LogP contribution in [-0.4, -0.2) is 34.9 Å². The van der Waals surface area contributed by atoms with Crippen LogP contribution in [0.1, 0.15) is 37.7 Å². The van der Waals surface area contributed by atoms with Gasteiger partial charge in [-0.3, -0.25) is 9.78 Å². The van der Waals surface area contributed by atoms with Gasteiger partial charge in [-0.05, 0) is 56.3 Å². The number of nitrogens with zero attached hydrogens (tertiary/aromatic N) is 2.